The third kappa shape index (κ3) is 2.61. The Bertz CT molecular complexity index is 621. The van der Waals surface area contributed by atoms with Crippen LogP contribution in [-0.4, -0.2) is 36.0 Å². The Labute approximate surface area is 130 Å². The average molecular weight is 301 g/mol. The van der Waals surface area contributed by atoms with Gasteiger partial charge in [-0.05, 0) is 38.8 Å². The van der Waals surface area contributed by atoms with E-state index in [1.165, 1.54) is 0 Å². The predicted octanol–water partition coefficient (Wildman–Crippen LogP) is 0.845. The highest BCUT2D eigenvalue weighted by Crippen LogP contribution is 2.32. The molecule has 2 amide bonds. The molecule has 0 unspecified atom stereocenters. The summed E-state index contributed by atoms with van der Waals surface area (Å²) in [5.74, 6) is -0.347. The molecular formula is C17H23N3O2. The van der Waals surface area contributed by atoms with Crippen molar-refractivity contribution < 1.29 is 9.59 Å². The fourth-order valence-corrected chi connectivity index (χ4v) is 3.45. The van der Waals surface area contributed by atoms with E-state index in [1.54, 1.807) is 0 Å². The number of hydrogen-bond acceptors (Lipinski definition) is 3. The van der Waals surface area contributed by atoms with E-state index in [-0.39, 0.29) is 23.3 Å². The van der Waals surface area contributed by atoms with E-state index in [0.717, 1.165) is 11.1 Å². The van der Waals surface area contributed by atoms with Gasteiger partial charge < -0.3 is 16.0 Å². The zero-order chi connectivity index (χ0) is 16.0. The van der Waals surface area contributed by atoms with Gasteiger partial charge in [0, 0.05) is 24.2 Å². The molecule has 22 heavy (non-hydrogen) atoms. The summed E-state index contributed by atoms with van der Waals surface area (Å²) in [6, 6.07) is 7.63. The van der Waals surface area contributed by atoms with Crippen LogP contribution in [0.2, 0.25) is 0 Å². The van der Waals surface area contributed by atoms with Gasteiger partial charge in [0.1, 0.15) is 0 Å². The first kappa shape index (κ1) is 15.0. The Balaban J connectivity index is 1.90. The molecule has 1 aromatic carbocycles. The van der Waals surface area contributed by atoms with Crippen molar-refractivity contribution >= 4 is 11.8 Å². The molecule has 2 aliphatic heterocycles. The minimum atomic E-state index is -0.527. The van der Waals surface area contributed by atoms with Gasteiger partial charge in [-0.1, -0.05) is 18.2 Å². The average Bonchev–Trinajstić information content (AvgIpc) is 2.79. The highest BCUT2D eigenvalue weighted by Gasteiger charge is 2.50. The van der Waals surface area contributed by atoms with Crippen LogP contribution in [0, 0.1) is 5.92 Å². The Morgan fingerprint density at radius 2 is 2.05 bits per heavy atom. The number of carbonyl (C=O) groups is 2. The summed E-state index contributed by atoms with van der Waals surface area (Å²) < 4.78 is 0. The zero-order valence-corrected chi connectivity index (χ0v) is 13.3. The first-order chi connectivity index (χ1) is 10.3. The molecule has 3 N–H and O–H groups in total. The van der Waals surface area contributed by atoms with E-state index in [4.69, 9.17) is 0 Å². The molecule has 1 saturated heterocycles. The van der Waals surface area contributed by atoms with Gasteiger partial charge >= 0.3 is 0 Å². The quantitative estimate of drug-likeness (QED) is 0.720. The van der Waals surface area contributed by atoms with Crippen molar-refractivity contribution in [1.82, 2.24) is 16.0 Å². The summed E-state index contributed by atoms with van der Waals surface area (Å²) in [5.41, 5.74) is 0.927. The van der Waals surface area contributed by atoms with Gasteiger partial charge in [0.05, 0.1) is 11.5 Å². The summed E-state index contributed by atoms with van der Waals surface area (Å²) in [4.78, 5) is 25.1. The van der Waals surface area contributed by atoms with E-state index in [2.05, 4.69) is 16.0 Å². The van der Waals surface area contributed by atoms with Crippen molar-refractivity contribution in [3.8, 4) is 0 Å². The molecule has 1 aromatic rings. The van der Waals surface area contributed by atoms with E-state index in [9.17, 15) is 9.59 Å². The fourth-order valence-electron chi connectivity index (χ4n) is 3.45. The number of rotatable bonds is 1. The number of fused-ring (bicyclic) bond motifs is 1. The van der Waals surface area contributed by atoms with Crippen molar-refractivity contribution in [1.29, 1.82) is 0 Å². The van der Waals surface area contributed by atoms with Gasteiger partial charge in [-0.15, -0.1) is 0 Å². The second-order valence-corrected chi connectivity index (χ2v) is 7.37. The lowest BCUT2D eigenvalue weighted by atomic mass is 9.77. The Hall–Kier alpha value is -1.88. The van der Waals surface area contributed by atoms with Crippen LogP contribution in [0.4, 0.5) is 0 Å². The monoisotopic (exact) mass is 301 g/mol. The first-order valence-corrected chi connectivity index (χ1v) is 7.74. The van der Waals surface area contributed by atoms with Crippen molar-refractivity contribution in [2.24, 2.45) is 5.92 Å². The molecule has 2 aliphatic rings. The van der Waals surface area contributed by atoms with Crippen LogP contribution in [0.1, 0.15) is 36.7 Å². The second-order valence-electron chi connectivity index (χ2n) is 7.37. The standard InChI is InChI=1S/C17H23N3O2/c1-16(2,3)19-15(22)13-9-18-10-17(13)8-11-6-4-5-7-12(11)14(21)20-17/h4-7,13,18H,8-10H2,1-3H3,(H,19,22)(H,20,21)/t13-,17+/m0/s1. The number of benzene rings is 1. The molecule has 0 radical (unpaired) electrons. The van der Waals surface area contributed by atoms with Crippen LogP contribution in [0.3, 0.4) is 0 Å². The van der Waals surface area contributed by atoms with Gasteiger partial charge in [-0.2, -0.15) is 0 Å². The van der Waals surface area contributed by atoms with Gasteiger partial charge in [0.15, 0.2) is 0 Å². The summed E-state index contributed by atoms with van der Waals surface area (Å²) in [5, 5.41) is 9.42. The van der Waals surface area contributed by atoms with Crippen LogP contribution in [-0.2, 0) is 11.2 Å². The topological polar surface area (TPSA) is 70.2 Å². The molecule has 118 valence electrons. The van der Waals surface area contributed by atoms with Crippen LogP contribution in [0.5, 0.6) is 0 Å². The molecule has 0 saturated carbocycles. The van der Waals surface area contributed by atoms with E-state index in [0.29, 0.717) is 19.5 Å². The number of carbonyl (C=O) groups excluding carboxylic acids is 2. The molecule has 1 spiro atoms. The number of hydrogen-bond donors (Lipinski definition) is 3. The van der Waals surface area contributed by atoms with E-state index < -0.39 is 5.54 Å². The second kappa shape index (κ2) is 5.09. The Morgan fingerprint density at radius 1 is 1.32 bits per heavy atom. The molecule has 0 bridgehead atoms. The molecule has 1 fully saturated rings. The molecule has 5 heteroatoms. The fraction of sp³-hybridized carbons (Fsp3) is 0.529. The minimum Gasteiger partial charge on any atom is -0.351 e. The van der Waals surface area contributed by atoms with Gasteiger partial charge in [-0.3, -0.25) is 9.59 Å². The maximum atomic E-state index is 12.7. The SMILES string of the molecule is CC(C)(C)NC(=O)[C@@H]1CNC[C@]12Cc1ccccc1C(=O)N2. The van der Waals surface area contributed by atoms with Crippen LogP contribution >= 0.6 is 0 Å². The minimum absolute atomic E-state index is 0.00261. The van der Waals surface area contributed by atoms with Crippen molar-refractivity contribution in [3.05, 3.63) is 35.4 Å². The molecule has 0 aliphatic carbocycles. The summed E-state index contributed by atoms with van der Waals surface area (Å²) >= 11 is 0. The zero-order valence-electron chi connectivity index (χ0n) is 13.3. The maximum absolute atomic E-state index is 12.7. The Kier molecular flexibility index (Phi) is 3.48. The molecular weight excluding hydrogens is 278 g/mol. The van der Waals surface area contributed by atoms with Crippen LogP contribution < -0.4 is 16.0 Å². The molecule has 3 rings (SSSR count). The predicted molar refractivity (Wildman–Crippen MR) is 84.6 cm³/mol. The molecule has 2 heterocycles. The first-order valence-electron chi connectivity index (χ1n) is 7.74. The summed E-state index contributed by atoms with van der Waals surface area (Å²) in [6.07, 6.45) is 0.685. The smallest absolute Gasteiger partial charge is 0.252 e. The third-order valence-corrected chi connectivity index (χ3v) is 4.40. The van der Waals surface area contributed by atoms with Gasteiger partial charge in [0.25, 0.3) is 5.91 Å². The lowest BCUT2D eigenvalue weighted by Crippen LogP contribution is -2.62. The highest BCUT2D eigenvalue weighted by atomic mass is 16.2. The van der Waals surface area contributed by atoms with Gasteiger partial charge in [-0.25, -0.2) is 0 Å². The van der Waals surface area contributed by atoms with Crippen molar-refractivity contribution in [2.75, 3.05) is 13.1 Å². The molecule has 0 aromatic heterocycles. The molecule has 5 nitrogen and oxygen atoms in total. The lowest BCUT2D eigenvalue weighted by molar-refractivity contribution is -0.127. The van der Waals surface area contributed by atoms with Crippen molar-refractivity contribution in [3.63, 3.8) is 0 Å². The summed E-state index contributed by atoms with van der Waals surface area (Å²) in [7, 11) is 0. The normalized spacial score (nSPS) is 27.4. The lowest BCUT2D eigenvalue weighted by Gasteiger charge is -2.39. The highest BCUT2D eigenvalue weighted by molar-refractivity contribution is 5.98. The summed E-state index contributed by atoms with van der Waals surface area (Å²) in [6.45, 7) is 7.11. The maximum Gasteiger partial charge on any atom is 0.252 e. The van der Waals surface area contributed by atoms with Crippen molar-refractivity contribution in [2.45, 2.75) is 38.3 Å². The molecule has 2 atom stereocenters. The van der Waals surface area contributed by atoms with Crippen LogP contribution in [0.25, 0.3) is 0 Å². The van der Waals surface area contributed by atoms with E-state index >= 15 is 0 Å². The van der Waals surface area contributed by atoms with Crippen LogP contribution in [0.15, 0.2) is 24.3 Å². The number of nitrogens with one attached hydrogen (secondary N) is 3. The largest absolute Gasteiger partial charge is 0.351 e. The van der Waals surface area contributed by atoms with E-state index in [1.807, 2.05) is 45.0 Å². The van der Waals surface area contributed by atoms with Gasteiger partial charge in [0.2, 0.25) is 5.91 Å². The Morgan fingerprint density at radius 3 is 2.77 bits per heavy atom. The third-order valence-electron chi connectivity index (χ3n) is 4.40. The number of amides is 2.